The first kappa shape index (κ1) is 18.3. The number of hydrogen-bond donors (Lipinski definition) is 0. The first-order valence-corrected chi connectivity index (χ1v) is 8.77. The molecule has 2 aliphatic rings. The van der Waals surface area contributed by atoms with E-state index in [0.717, 1.165) is 24.3 Å². The van der Waals surface area contributed by atoms with E-state index in [2.05, 4.69) is 0 Å². The molecule has 0 saturated carbocycles. The molecule has 28 heavy (non-hydrogen) atoms. The summed E-state index contributed by atoms with van der Waals surface area (Å²) in [5.74, 6) is -0.179. The minimum absolute atomic E-state index is 0.103. The minimum Gasteiger partial charge on any atom is -0.486 e. The van der Waals surface area contributed by atoms with Crippen molar-refractivity contribution in [3.63, 3.8) is 0 Å². The van der Waals surface area contributed by atoms with Gasteiger partial charge in [-0.25, -0.2) is 0 Å². The molecule has 2 atom stereocenters. The lowest BCUT2D eigenvalue weighted by Crippen LogP contribution is -2.46. The quantitative estimate of drug-likeness (QED) is 0.751. The molecule has 5 nitrogen and oxygen atoms in total. The molecule has 2 aromatic carbocycles. The van der Waals surface area contributed by atoms with Gasteiger partial charge in [-0.05, 0) is 36.4 Å². The average Bonchev–Trinajstić information content (AvgIpc) is 3.10. The number of likely N-dealkylation sites (N-methyl/N-ethyl adjacent to an activating group) is 1. The monoisotopic (exact) mass is 390 g/mol. The molecule has 0 aromatic heterocycles. The molecule has 0 spiro atoms. The maximum atomic E-state index is 13.0. The highest BCUT2D eigenvalue weighted by atomic mass is 19.4. The van der Waals surface area contributed by atoms with Crippen LogP contribution in [0.3, 0.4) is 0 Å². The van der Waals surface area contributed by atoms with Gasteiger partial charge in [0.15, 0.2) is 0 Å². The highest BCUT2D eigenvalue weighted by Crippen LogP contribution is 2.36. The lowest BCUT2D eigenvalue weighted by molar-refractivity contribution is -0.137. The van der Waals surface area contributed by atoms with E-state index in [1.54, 1.807) is 31.3 Å². The number of alkyl halides is 3. The molecule has 2 aromatic rings. The van der Waals surface area contributed by atoms with Gasteiger partial charge in [-0.3, -0.25) is 9.59 Å². The zero-order chi connectivity index (χ0) is 20.1. The molecule has 1 saturated heterocycles. The van der Waals surface area contributed by atoms with Gasteiger partial charge in [0.1, 0.15) is 17.9 Å². The Balaban J connectivity index is 1.62. The number of para-hydroxylation sites is 2. The summed E-state index contributed by atoms with van der Waals surface area (Å²) in [6, 6.07) is 10.4. The number of carbonyl (C=O) groups is 2. The number of nitrogens with zero attached hydrogens (tertiary/aromatic N) is 2. The van der Waals surface area contributed by atoms with Crippen molar-refractivity contribution in [1.82, 2.24) is 4.90 Å². The Kier molecular flexibility index (Phi) is 4.28. The lowest BCUT2D eigenvalue weighted by atomic mass is 10.1. The van der Waals surface area contributed by atoms with E-state index in [4.69, 9.17) is 4.74 Å². The van der Waals surface area contributed by atoms with Gasteiger partial charge in [-0.2, -0.15) is 13.2 Å². The first-order valence-electron chi connectivity index (χ1n) is 8.77. The highest BCUT2D eigenvalue weighted by molar-refractivity contribution is 6.03. The molecule has 2 amide bonds. The molecule has 0 radical (unpaired) electrons. The summed E-state index contributed by atoms with van der Waals surface area (Å²) in [4.78, 5) is 28.7. The number of rotatable bonds is 1. The maximum Gasteiger partial charge on any atom is 0.416 e. The van der Waals surface area contributed by atoms with E-state index in [1.165, 1.54) is 9.80 Å². The Hall–Kier alpha value is -3.03. The topological polar surface area (TPSA) is 49.9 Å². The lowest BCUT2D eigenvalue weighted by Gasteiger charge is -2.29. The van der Waals surface area contributed by atoms with Gasteiger partial charge in [0.25, 0.3) is 5.91 Å². The number of likely N-dealkylation sites (tertiary alicyclic amines) is 1. The van der Waals surface area contributed by atoms with Crippen LogP contribution < -0.4 is 9.64 Å². The van der Waals surface area contributed by atoms with Gasteiger partial charge >= 0.3 is 6.18 Å². The van der Waals surface area contributed by atoms with Crippen molar-refractivity contribution in [2.75, 3.05) is 18.5 Å². The van der Waals surface area contributed by atoms with Gasteiger partial charge < -0.3 is 14.5 Å². The summed E-state index contributed by atoms with van der Waals surface area (Å²) < 4.78 is 44.2. The average molecular weight is 390 g/mol. The Bertz CT molecular complexity index is 927. The second kappa shape index (κ2) is 6.54. The van der Waals surface area contributed by atoms with Crippen LogP contribution in [-0.4, -0.2) is 42.5 Å². The molecule has 1 fully saturated rings. The fraction of sp³-hybridized carbons (Fsp3) is 0.300. The maximum absolute atomic E-state index is 13.0. The molecule has 0 N–H and O–H groups in total. The van der Waals surface area contributed by atoms with Crippen LogP contribution in [-0.2, 0) is 11.0 Å². The van der Waals surface area contributed by atoms with Crippen molar-refractivity contribution in [2.24, 2.45) is 0 Å². The fourth-order valence-corrected chi connectivity index (χ4v) is 3.66. The number of ether oxygens (including phenoxy) is 1. The van der Waals surface area contributed by atoms with Crippen LogP contribution in [0.4, 0.5) is 18.9 Å². The number of anilines is 1. The van der Waals surface area contributed by atoms with Crippen molar-refractivity contribution in [2.45, 2.75) is 24.7 Å². The molecule has 8 heteroatoms. The first-order chi connectivity index (χ1) is 13.3. The van der Waals surface area contributed by atoms with Gasteiger partial charge in [0.2, 0.25) is 5.91 Å². The number of halogens is 3. The van der Waals surface area contributed by atoms with Crippen molar-refractivity contribution >= 4 is 17.5 Å². The van der Waals surface area contributed by atoms with Crippen molar-refractivity contribution in [1.29, 1.82) is 0 Å². The Morgan fingerprint density at radius 1 is 1.11 bits per heavy atom. The minimum atomic E-state index is -4.47. The van der Waals surface area contributed by atoms with Gasteiger partial charge in [0.05, 0.1) is 17.8 Å². The summed E-state index contributed by atoms with van der Waals surface area (Å²) in [5.41, 5.74) is -0.107. The molecular weight excluding hydrogens is 373 g/mol. The predicted molar refractivity (Wildman–Crippen MR) is 95.2 cm³/mol. The van der Waals surface area contributed by atoms with Crippen LogP contribution in [0, 0.1) is 0 Å². The summed E-state index contributed by atoms with van der Waals surface area (Å²) >= 11 is 0. The predicted octanol–water partition coefficient (Wildman–Crippen LogP) is 3.34. The second-order valence-corrected chi connectivity index (χ2v) is 6.89. The van der Waals surface area contributed by atoms with Gasteiger partial charge in [0, 0.05) is 19.0 Å². The molecule has 4 rings (SSSR count). The second-order valence-electron chi connectivity index (χ2n) is 6.89. The normalized spacial score (nSPS) is 21.6. The van der Waals surface area contributed by atoms with E-state index in [-0.39, 0.29) is 24.1 Å². The summed E-state index contributed by atoms with van der Waals surface area (Å²) in [6.45, 7) is 0.193. The van der Waals surface area contributed by atoms with Crippen LogP contribution in [0.1, 0.15) is 22.3 Å². The third kappa shape index (κ3) is 3.08. The fourth-order valence-electron chi connectivity index (χ4n) is 3.66. The van der Waals surface area contributed by atoms with E-state index < -0.39 is 23.7 Å². The SMILES string of the molecule is CN1C(=O)C2CC(CN2C(=O)c2ccc(C(F)(F)F)cc2)Oc2ccccc21. The van der Waals surface area contributed by atoms with E-state index in [1.807, 2.05) is 0 Å². The zero-order valence-corrected chi connectivity index (χ0v) is 14.9. The van der Waals surface area contributed by atoms with Crippen LogP contribution in [0.2, 0.25) is 0 Å². The van der Waals surface area contributed by atoms with Crippen LogP contribution >= 0.6 is 0 Å². The molecule has 2 heterocycles. The zero-order valence-electron chi connectivity index (χ0n) is 14.9. The summed E-state index contributed by atoms with van der Waals surface area (Å²) in [6.07, 6.45) is -4.49. The third-order valence-corrected chi connectivity index (χ3v) is 5.12. The Morgan fingerprint density at radius 2 is 1.79 bits per heavy atom. The smallest absolute Gasteiger partial charge is 0.416 e. The molecule has 0 aliphatic carbocycles. The van der Waals surface area contributed by atoms with Gasteiger partial charge in [-0.1, -0.05) is 12.1 Å². The summed E-state index contributed by atoms with van der Waals surface area (Å²) in [5, 5.41) is 0. The Morgan fingerprint density at radius 3 is 2.46 bits per heavy atom. The van der Waals surface area contributed by atoms with Crippen LogP contribution in [0.5, 0.6) is 5.75 Å². The van der Waals surface area contributed by atoms with Gasteiger partial charge in [-0.15, -0.1) is 0 Å². The molecule has 2 bridgehead atoms. The van der Waals surface area contributed by atoms with Crippen LogP contribution in [0.25, 0.3) is 0 Å². The van der Waals surface area contributed by atoms with E-state index in [9.17, 15) is 22.8 Å². The highest BCUT2D eigenvalue weighted by Gasteiger charge is 2.44. The van der Waals surface area contributed by atoms with E-state index >= 15 is 0 Å². The number of amides is 2. The van der Waals surface area contributed by atoms with Crippen molar-refractivity contribution in [3.8, 4) is 5.75 Å². The molecule has 2 unspecified atom stereocenters. The number of fused-ring (bicyclic) bond motifs is 3. The standard InChI is InChI=1S/C20H17F3N2O3/c1-24-15-4-2-3-5-17(15)28-14-10-16(19(24)27)25(11-14)18(26)12-6-8-13(9-7-12)20(21,22)23/h2-9,14,16H,10-11H2,1H3. The largest absolute Gasteiger partial charge is 0.486 e. The van der Waals surface area contributed by atoms with Crippen molar-refractivity contribution < 1.29 is 27.5 Å². The number of carbonyl (C=O) groups excluding carboxylic acids is 2. The van der Waals surface area contributed by atoms with Crippen molar-refractivity contribution in [3.05, 3.63) is 59.7 Å². The Labute approximate surface area is 159 Å². The molecule has 2 aliphatic heterocycles. The third-order valence-electron chi connectivity index (χ3n) is 5.12. The summed E-state index contributed by atoms with van der Waals surface area (Å²) in [7, 11) is 1.62. The van der Waals surface area contributed by atoms with E-state index in [0.29, 0.717) is 17.9 Å². The number of benzene rings is 2. The number of hydrogen-bond acceptors (Lipinski definition) is 3. The molecular formula is C20H17F3N2O3. The molecule has 146 valence electrons. The van der Waals surface area contributed by atoms with Crippen LogP contribution in [0.15, 0.2) is 48.5 Å².